The Morgan fingerprint density at radius 2 is 2.06 bits per heavy atom. The van der Waals surface area contributed by atoms with E-state index in [1.807, 2.05) is 6.07 Å². The molecule has 1 aromatic carbocycles. The fourth-order valence-corrected chi connectivity index (χ4v) is 1.55. The van der Waals surface area contributed by atoms with Crippen LogP contribution in [0.3, 0.4) is 0 Å². The van der Waals surface area contributed by atoms with Gasteiger partial charge in [-0.25, -0.2) is 4.39 Å². The number of hydrogen-bond donors (Lipinski definition) is 0. The topological polar surface area (TPSA) is 58.8 Å². The van der Waals surface area contributed by atoms with Crippen molar-refractivity contribution in [3.05, 3.63) is 42.0 Å². The highest BCUT2D eigenvalue weighted by Gasteiger charge is 2.15. The standard InChI is InChI=1S/C12H8FN3O/c1-17-11-4-2-3-10(13)12(11)9-7-16-15-6-8(9)5-14/h2-4,6-7H,1H3. The van der Waals surface area contributed by atoms with E-state index in [1.54, 1.807) is 12.1 Å². The lowest BCUT2D eigenvalue weighted by molar-refractivity contribution is 0.413. The summed E-state index contributed by atoms with van der Waals surface area (Å²) in [5, 5.41) is 16.2. The Hall–Kier alpha value is -2.48. The van der Waals surface area contributed by atoms with Gasteiger partial charge in [0.25, 0.3) is 0 Å². The maximum absolute atomic E-state index is 13.8. The van der Waals surface area contributed by atoms with E-state index in [4.69, 9.17) is 10.00 Å². The van der Waals surface area contributed by atoms with Gasteiger partial charge in [0.2, 0.25) is 0 Å². The number of benzene rings is 1. The van der Waals surface area contributed by atoms with Crippen LogP contribution in [0.5, 0.6) is 5.75 Å². The van der Waals surface area contributed by atoms with Crippen molar-refractivity contribution in [1.82, 2.24) is 10.2 Å². The van der Waals surface area contributed by atoms with Gasteiger partial charge in [-0.2, -0.15) is 15.5 Å². The van der Waals surface area contributed by atoms with Crippen LogP contribution in [0.2, 0.25) is 0 Å². The summed E-state index contributed by atoms with van der Waals surface area (Å²) >= 11 is 0. The van der Waals surface area contributed by atoms with Crippen LogP contribution < -0.4 is 4.74 Å². The van der Waals surface area contributed by atoms with Crippen LogP contribution in [0, 0.1) is 17.1 Å². The third kappa shape index (κ3) is 1.93. The van der Waals surface area contributed by atoms with Gasteiger partial charge < -0.3 is 4.74 Å². The molecule has 1 heterocycles. The van der Waals surface area contributed by atoms with Crippen molar-refractivity contribution in [2.75, 3.05) is 7.11 Å². The number of methoxy groups -OCH3 is 1. The molecule has 0 aliphatic heterocycles. The van der Waals surface area contributed by atoms with Crippen molar-refractivity contribution < 1.29 is 9.13 Å². The summed E-state index contributed by atoms with van der Waals surface area (Å²) in [7, 11) is 1.44. The van der Waals surface area contributed by atoms with E-state index in [-0.39, 0.29) is 11.1 Å². The first-order chi connectivity index (χ1) is 8.27. The molecule has 0 aliphatic rings. The highest BCUT2D eigenvalue weighted by atomic mass is 19.1. The summed E-state index contributed by atoms with van der Waals surface area (Å²) < 4.78 is 18.9. The minimum atomic E-state index is -0.464. The van der Waals surface area contributed by atoms with E-state index in [0.717, 1.165) is 0 Å². The predicted octanol–water partition coefficient (Wildman–Crippen LogP) is 2.16. The first kappa shape index (κ1) is 11.0. The SMILES string of the molecule is COc1cccc(F)c1-c1cnncc1C#N. The number of halogens is 1. The van der Waals surface area contributed by atoms with Crippen LogP contribution in [0.1, 0.15) is 5.56 Å². The van der Waals surface area contributed by atoms with Gasteiger partial charge in [-0.1, -0.05) is 6.07 Å². The highest BCUT2D eigenvalue weighted by molar-refractivity contribution is 5.75. The molecule has 0 fully saturated rings. The maximum atomic E-state index is 13.8. The molecule has 1 aromatic heterocycles. The lowest BCUT2D eigenvalue weighted by Gasteiger charge is -2.09. The fourth-order valence-electron chi connectivity index (χ4n) is 1.55. The average Bonchev–Trinajstić information content (AvgIpc) is 2.38. The quantitative estimate of drug-likeness (QED) is 0.791. The Morgan fingerprint density at radius 3 is 2.76 bits per heavy atom. The van der Waals surface area contributed by atoms with Crippen LogP contribution in [0.4, 0.5) is 4.39 Å². The molecule has 0 amide bonds. The van der Waals surface area contributed by atoms with Gasteiger partial charge in [0, 0.05) is 5.56 Å². The van der Waals surface area contributed by atoms with Crippen molar-refractivity contribution in [3.8, 4) is 22.9 Å². The fraction of sp³-hybridized carbons (Fsp3) is 0.0833. The molecule has 2 rings (SSSR count). The van der Waals surface area contributed by atoms with Crippen molar-refractivity contribution in [1.29, 1.82) is 5.26 Å². The van der Waals surface area contributed by atoms with Crippen LogP contribution >= 0.6 is 0 Å². The molecular weight excluding hydrogens is 221 g/mol. The Morgan fingerprint density at radius 1 is 1.29 bits per heavy atom. The molecular formula is C12H8FN3O. The number of rotatable bonds is 2. The molecule has 4 nitrogen and oxygen atoms in total. The van der Waals surface area contributed by atoms with Gasteiger partial charge in [0.15, 0.2) is 0 Å². The Labute approximate surface area is 97.3 Å². The summed E-state index contributed by atoms with van der Waals surface area (Å²) in [6.45, 7) is 0. The second-order valence-corrected chi connectivity index (χ2v) is 3.25. The number of nitriles is 1. The van der Waals surface area contributed by atoms with Gasteiger partial charge in [0.05, 0.1) is 30.6 Å². The van der Waals surface area contributed by atoms with Gasteiger partial charge in [0.1, 0.15) is 17.6 Å². The normalized spacial score (nSPS) is 9.71. The van der Waals surface area contributed by atoms with Crippen LogP contribution in [-0.4, -0.2) is 17.3 Å². The summed E-state index contributed by atoms with van der Waals surface area (Å²) in [4.78, 5) is 0. The van der Waals surface area contributed by atoms with Gasteiger partial charge in [-0.05, 0) is 12.1 Å². The van der Waals surface area contributed by atoms with Gasteiger partial charge in [-0.3, -0.25) is 0 Å². The van der Waals surface area contributed by atoms with E-state index in [9.17, 15) is 4.39 Å². The summed E-state index contributed by atoms with van der Waals surface area (Å²) in [6, 6.07) is 6.42. The molecule has 5 heteroatoms. The third-order valence-electron chi connectivity index (χ3n) is 2.32. The lowest BCUT2D eigenvalue weighted by Crippen LogP contribution is -1.95. The molecule has 0 atom stereocenters. The zero-order valence-corrected chi connectivity index (χ0v) is 9.01. The number of nitrogens with zero attached hydrogens (tertiary/aromatic N) is 3. The Kier molecular flexibility index (Phi) is 2.97. The number of ether oxygens (including phenoxy) is 1. The zero-order chi connectivity index (χ0) is 12.3. The molecule has 0 unspecified atom stereocenters. The average molecular weight is 229 g/mol. The second-order valence-electron chi connectivity index (χ2n) is 3.25. The highest BCUT2D eigenvalue weighted by Crippen LogP contribution is 2.33. The van der Waals surface area contributed by atoms with E-state index in [2.05, 4.69) is 10.2 Å². The molecule has 84 valence electrons. The Balaban J connectivity index is 2.73. The molecule has 0 saturated heterocycles. The number of aromatic nitrogens is 2. The van der Waals surface area contributed by atoms with Crippen molar-refractivity contribution in [3.63, 3.8) is 0 Å². The first-order valence-electron chi connectivity index (χ1n) is 4.81. The number of hydrogen-bond acceptors (Lipinski definition) is 4. The molecule has 0 saturated carbocycles. The predicted molar refractivity (Wildman–Crippen MR) is 58.7 cm³/mol. The van der Waals surface area contributed by atoms with Crippen molar-refractivity contribution >= 4 is 0 Å². The largest absolute Gasteiger partial charge is 0.496 e. The molecule has 0 N–H and O–H groups in total. The van der Waals surface area contributed by atoms with Crippen LogP contribution in [-0.2, 0) is 0 Å². The van der Waals surface area contributed by atoms with E-state index >= 15 is 0 Å². The first-order valence-corrected chi connectivity index (χ1v) is 4.81. The molecule has 0 bridgehead atoms. The maximum Gasteiger partial charge on any atom is 0.134 e. The van der Waals surface area contributed by atoms with Gasteiger partial charge >= 0.3 is 0 Å². The minimum absolute atomic E-state index is 0.224. The summed E-state index contributed by atoms with van der Waals surface area (Å²) in [6.07, 6.45) is 2.64. The summed E-state index contributed by atoms with van der Waals surface area (Å²) in [5.74, 6) is -0.108. The molecule has 17 heavy (non-hydrogen) atoms. The summed E-state index contributed by atoms with van der Waals surface area (Å²) in [5.41, 5.74) is 0.849. The smallest absolute Gasteiger partial charge is 0.134 e. The molecule has 0 radical (unpaired) electrons. The van der Waals surface area contributed by atoms with Crippen LogP contribution in [0.25, 0.3) is 11.1 Å². The zero-order valence-electron chi connectivity index (χ0n) is 9.01. The minimum Gasteiger partial charge on any atom is -0.496 e. The van der Waals surface area contributed by atoms with E-state index < -0.39 is 5.82 Å². The van der Waals surface area contributed by atoms with E-state index in [0.29, 0.717) is 11.3 Å². The van der Waals surface area contributed by atoms with Crippen LogP contribution in [0.15, 0.2) is 30.6 Å². The van der Waals surface area contributed by atoms with Crippen molar-refractivity contribution in [2.45, 2.75) is 0 Å². The van der Waals surface area contributed by atoms with E-state index in [1.165, 1.54) is 25.6 Å². The van der Waals surface area contributed by atoms with Crippen molar-refractivity contribution in [2.24, 2.45) is 0 Å². The Bertz CT molecular complexity index is 593. The molecule has 0 aliphatic carbocycles. The van der Waals surface area contributed by atoms with Gasteiger partial charge in [-0.15, -0.1) is 0 Å². The second kappa shape index (κ2) is 4.58. The molecule has 0 spiro atoms. The molecule has 2 aromatic rings. The lowest BCUT2D eigenvalue weighted by atomic mass is 10.0. The third-order valence-corrected chi connectivity index (χ3v) is 2.32. The monoisotopic (exact) mass is 229 g/mol.